The van der Waals surface area contributed by atoms with Crippen LogP contribution in [0.15, 0.2) is 41.3 Å². The molecule has 0 radical (unpaired) electrons. The number of rotatable bonds is 4. The van der Waals surface area contributed by atoms with E-state index in [1.807, 2.05) is 0 Å². The van der Waals surface area contributed by atoms with Gasteiger partial charge in [-0.15, -0.1) is 0 Å². The number of sulfone groups is 1. The highest BCUT2D eigenvalue weighted by molar-refractivity contribution is 7.92. The SMILES string of the molecule is Cc1ccc(S(=O)(=O)C23CCN(C(=O)C4(F)CCCCC4)C2CCc2cc(C(F)(C(F)(F)F)C(F)(F)F)ccc23)cc1F.O=CO. The van der Waals surface area contributed by atoms with Crippen LogP contribution in [0.1, 0.15) is 67.2 Å². The van der Waals surface area contributed by atoms with Crippen molar-refractivity contribution in [1.29, 1.82) is 0 Å². The first-order valence-corrected chi connectivity index (χ1v) is 15.8. The van der Waals surface area contributed by atoms with Crippen LogP contribution in [0.4, 0.5) is 39.5 Å². The van der Waals surface area contributed by atoms with Gasteiger partial charge in [0.05, 0.1) is 10.9 Å². The van der Waals surface area contributed by atoms with E-state index in [-0.39, 0.29) is 67.9 Å². The number of alkyl halides is 8. The number of hydrogen-bond acceptors (Lipinski definition) is 4. The number of fused-ring (bicyclic) bond motifs is 3. The van der Waals surface area contributed by atoms with E-state index in [1.54, 1.807) is 0 Å². The topological polar surface area (TPSA) is 91.8 Å². The van der Waals surface area contributed by atoms with Crippen LogP contribution < -0.4 is 0 Å². The Hall–Kier alpha value is -3.30. The zero-order chi connectivity index (χ0) is 34.5. The molecule has 2 aromatic rings. The largest absolute Gasteiger partial charge is 0.483 e. The predicted octanol–water partition coefficient (Wildman–Crippen LogP) is 7.01. The van der Waals surface area contributed by atoms with E-state index >= 15 is 4.39 Å². The van der Waals surface area contributed by atoms with Gasteiger partial charge in [0.25, 0.3) is 12.4 Å². The van der Waals surface area contributed by atoms with Crippen molar-refractivity contribution in [3.8, 4) is 0 Å². The molecule has 1 amide bonds. The fourth-order valence-electron chi connectivity index (χ4n) is 7.01. The second-order valence-electron chi connectivity index (χ2n) is 11.8. The number of nitrogens with zero attached hydrogens (tertiary/aromatic N) is 1. The molecular weight excluding hydrogens is 657 g/mol. The summed E-state index contributed by atoms with van der Waals surface area (Å²) in [5.74, 6) is -1.81. The minimum absolute atomic E-state index is 0.0780. The number of halogens is 9. The van der Waals surface area contributed by atoms with Crippen molar-refractivity contribution in [2.75, 3.05) is 6.54 Å². The van der Waals surface area contributed by atoms with E-state index in [1.165, 1.54) is 13.0 Å². The monoisotopic (exact) mass is 687 g/mol. The lowest BCUT2D eigenvalue weighted by Crippen LogP contribution is -2.56. The van der Waals surface area contributed by atoms with Crippen molar-refractivity contribution in [3.63, 3.8) is 0 Å². The van der Waals surface area contributed by atoms with E-state index in [0.29, 0.717) is 31.4 Å². The zero-order valence-corrected chi connectivity index (χ0v) is 25.1. The summed E-state index contributed by atoms with van der Waals surface area (Å²) in [5.41, 5.74) is -10.2. The van der Waals surface area contributed by atoms with Crippen LogP contribution in [0.3, 0.4) is 0 Å². The molecule has 2 aliphatic carbocycles. The van der Waals surface area contributed by atoms with Crippen LogP contribution in [0.5, 0.6) is 0 Å². The maximum atomic E-state index is 15.9. The van der Waals surface area contributed by atoms with Gasteiger partial charge in [-0.3, -0.25) is 9.59 Å². The molecule has 0 spiro atoms. The lowest BCUT2D eigenvalue weighted by Gasteiger charge is -2.44. The number of carboxylic acid groups (broad SMARTS) is 1. The van der Waals surface area contributed by atoms with E-state index < -0.39 is 66.5 Å². The van der Waals surface area contributed by atoms with Crippen LogP contribution in [0.2, 0.25) is 0 Å². The van der Waals surface area contributed by atoms with Gasteiger partial charge < -0.3 is 10.0 Å². The third-order valence-electron chi connectivity index (χ3n) is 9.29. The minimum atomic E-state index is -6.38. The third-order valence-corrected chi connectivity index (χ3v) is 11.8. The number of carbonyl (C=O) groups excluding carboxylic acids is 1. The molecule has 1 saturated carbocycles. The molecule has 0 aromatic heterocycles. The molecule has 16 heteroatoms. The van der Waals surface area contributed by atoms with Crippen molar-refractivity contribution in [2.24, 2.45) is 0 Å². The maximum absolute atomic E-state index is 15.9. The summed E-state index contributed by atoms with van der Waals surface area (Å²) in [6.45, 7) is 0.859. The fourth-order valence-corrected chi connectivity index (χ4v) is 9.39. The fraction of sp³-hybridized carbons (Fsp3) is 0.533. The highest BCUT2D eigenvalue weighted by Crippen LogP contribution is 2.57. The normalized spacial score (nSPS) is 23.1. The van der Waals surface area contributed by atoms with Gasteiger partial charge in [-0.1, -0.05) is 30.7 Å². The molecule has 6 nitrogen and oxygen atoms in total. The Morgan fingerprint density at radius 2 is 1.54 bits per heavy atom. The van der Waals surface area contributed by atoms with Gasteiger partial charge in [0.15, 0.2) is 15.5 Å². The Morgan fingerprint density at radius 3 is 2.09 bits per heavy atom. The molecule has 1 N–H and O–H groups in total. The number of amides is 1. The van der Waals surface area contributed by atoms with Crippen molar-refractivity contribution in [3.05, 3.63) is 64.5 Å². The second-order valence-corrected chi connectivity index (χ2v) is 14.0. The lowest BCUT2D eigenvalue weighted by molar-refractivity contribution is -0.348. The van der Waals surface area contributed by atoms with Gasteiger partial charge in [-0.05, 0) is 80.7 Å². The first kappa shape index (κ1) is 35.6. The Kier molecular flexibility index (Phi) is 9.32. The van der Waals surface area contributed by atoms with E-state index in [9.17, 15) is 48.3 Å². The van der Waals surface area contributed by atoms with Crippen LogP contribution in [0.25, 0.3) is 0 Å². The number of benzene rings is 2. The molecule has 2 atom stereocenters. The molecule has 1 heterocycles. The summed E-state index contributed by atoms with van der Waals surface area (Å²) in [7, 11) is -4.73. The van der Waals surface area contributed by atoms with Crippen molar-refractivity contribution < 1.29 is 62.6 Å². The quantitative estimate of drug-likeness (QED) is 0.276. The maximum Gasteiger partial charge on any atom is 0.435 e. The van der Waals surface area contributed by atoms with Crippen LogP contribution in [-0.2, 0) is 36.3 Å². The summed E-state index contributed by atoms with van der Waals surface area (Å²) < 4.78 is 153. The molecule has 2 aromatic carbocycles. The van der Waals surface area contributed by atoms with Crippen LogP contribution in [0, 0.1) is 12.7 Å². The Bertz CT molecular complexity index is 1590. The molecule has 2 fully saturated rings. The van der Waals surface area contributed by atoms with Crippen molar-refractivity contribution in [2.45, 2.75) is 97.7 Å². The Balaban J connectivity index is 0.00000154. The molecular formula is C30H30F9NO5S. The predicted molar refractivity (Wildman–Crippen MR) is 145 cm³/mol. The van der Waals surface area contributed by atoms with Gasteiger partial charge in [0.2, 0.25) is 0 Å². The molecule has 5 rings (SSSR count). The Labute approximate surface area is 258 Å². The van der Waals surface area contributed by atoms with Crippen molar-refractivity contribution >= 4 is 22.2 Å². The standard InChI is InChI=1S/C29H28F9NO3S.CH2O2/c1-17-5-8-20(16-22(17)30)43(41,42)26-13-14-39(24(40)25(31)11-3-2-4-12-25)23(26)10-6-18-15-19(7-9-21(18)26)27(32,28(33,34)35)29(36,37)38;2-1-3/h5,7-9,15-16,23H,2-4,6,10-14H2,1H3;1H,(H,2,3). The minimum Gasteiger partial charge on any atom is -0.483 e. The lowest BCUT2D eigenvalue weighted by atomic mass is 9.76. The average Bonchev–Trinajstić information content (AvgIpc) is 3.38. The van der Waals surface area contributed by atoms with E-state index in [4.69, 9.17) is 9.90 Å². The smallest absolute Gasteiger partial charge is 0.435 e. The molecule has 0 bridgehead atoms. The van der Waals surface area contributed by atoms with E-state index in [0.717, 1.165) is 17.0 Å². The second kappa shape index (κ2) is 12.1. The summed E-state index contributed by atoms with van der Waals surface area (Å²) in [5, 5.41) is 6.89. The number of likely N-dealkylation sites (tertiary alicyclic amines) is 1. The number of hydrogen-bond donors (Lipinski definition) is 1. The first-order chi connectivity index (χ1) is 21.2. The zero-order valence-electron chi connectivity index (χ0n) is 24.3. The molecule has 3 aliphatic rings. The van der Waals surface area contributed by atoms with Crippen LogP contribution >= 0.6 is 0 Å². The van der Waals surface area contributed by atoms with Gasteiger partial charge >= 0.3 is 18.0 Å². The highest BCUT2D eigenvalue weighted by Gasteiger charge is 2.74. The number of aryl methyl sites for hydroxylation is 2. The summed E-state index contributed by atoms with van der Waals surface area (Å²) in [6.07, 6.45) is -12.3. The van der Waals surface area contributed by atoms with E-state index in [2.05, 4.69) is 0 Å². The molecule has 46 heavy (non-hydrogen) atoms. The molecule has 1 aliphatic heterocycles. The third kappa shape index (κ3) is 5.43. The highest BCUT2D eigenvalue weighted by atomic mass is 32.2. The average molecular weight is 688 g/mol. The van der Waals surface area contributed by atoms with Crippen molar-refractivity contribution in [1.82, 2.24) is 4.90 Å². The number of carbonyl (C=O) groups is 2. The van der Waals surface area contributed by atoms with Gasteiger partial charge in [-0.25, -0.2) is 21.6 Å². The van der Waals surface area contributed by atoms with Gasteiger partial charge in [-0.2, -0.15) is 26.3 Å². The van der Waals surface area contributed by atoms with Gasteiger partial charge in [0.1, 0.15) is 10.6 Å². The van der Waals surface area contributed by atoms with Gasteiger partial charge in [0, 0.05) is 12.1 Å². The molecule has 1 saturated heterocycles. The molecule has 2 unspecified atom stereocenters. The summed E-state index contributed by atoms with van der Waals surface area (Å²) in [4.78, 5) is 22.5. The Morgan fingerprint density at radius 1 is 0.957 bits per heavy atom. The van der Waals surface area contributed by atoms with Crippen LogP contribution in [-0.4, -0.2) is 61.4 Å². The first-order valence-electron chi connectivity index (χ1n) is 14.3. The summed E-state index contributed by atoms with van der Waals surface area (Å²) >= 11 is 0. The molecule has 254 valence electrons. The summed E-state index contributed by atoms with van der Waals surface area (Å²) in [6, 6.07) is 3.12.